The molecular weight excluding hydrogens is 254 g/mol. The fourth-order valence-corrected chi connectivity index (χ4v) is 2.30. The molecule has 0 aliphatic carbocycles. The maximum absolute atomic E-state index is 11.9. The number of nitrogens with zero attached hydrogens (tertiary/aromatic N) is 1. The van der Waals surface area contributed by atoms with E-state index in [9.17, 15) is 13.2 Å². The molecular formula is C11H18N3O3S+. The normalized spacial score (nSPS) is 12.2. The first-order valence-corrected chi connectivity index (χ1v) is 6.80. The number of hydrogen-bond acceptors (Lipinski definition) is 4. The number of hydrogen-bond donors (Lipinski definition) is 2. The number of likely N-dealkylation sites (N-methyl/N-ethyl adjacent to an activating group) is 1. The van der Waals surface area contributed by atoms with Crippen molar-refractivity contribution in [1.29, 1.82) is 0 Å². The van der Waals surface area contributed by atoms with Gasteiger partial charge in [0.25, 0.3) is 15.9 Å². The van der Waals surface area contributed by atoms with Crippen LogP contribution in [-0.2, 0) is 14.8 Å². The van der Waals surface area contributed by atoms with Crippen molar-refractivity contribution >= 4 is 21.6 Å². The molecule has 0 spiro atoms. The van der Waals surface area contributed by atoms with Gasteiger partial charge in [0.2, 0.25) is 0 Å². The van der Waals surface area contributed by atoms with Crippen molar-refractivity contribution in [2.75, 3.05) is 33.4 Å². The highest BCUT2D eigenvalue weighted by Crippen LogP contribution is 2.11. The molecule has 3 N–H and O–H groups in total. The van der Waals surface area contributed by atoms with Gasteiger partial charge in [-0.1, -0.05) is 0 Å². The fourth-order valence-electron chi connectivity index (χ4n) is 1.32. The van der Waals surface area contributed by atoms with Crippen LogP contribution in [0, 0.1) is 0 Å². The first-order valence-electron chi connectivity index (χ1n) is 5.32. The van der Waals surface area contributed by atoms with Crippen molar-refractivity contribution in [3.8, 4) is 0 Å². The summed E-state index contributed by atoms with van der Waals surface area (Å²) >= 11 is 0. The van der Waals surface area contributed by atoms with Gasteiger partial charge in [-0.3, -0.25) is 4.79 Å². The standard InChI is InChI=1S/C11H17N3O3S/c1-14(2,3)8-11(15)13-18(16,17)10-6-4-9(12)5-7-10/h4-7H,8,12H2,1-3H3/p+1. The summed E-state index contributed by atoms with van der Waals surface area (Å²) in [7, 11) is 1.59. The zero-order valence-electron chi connectivity index (χ0n) is 10.7. The number of rotatable bonds is 4. The van der Waals surface area contributed by atoms with E-state index in [1.165, 1.54) is 24.3 Å². The minimum atomic E-state index is -3.81. The Balaban J connectivity index is 2.83. The molecule has 6 nitrogen and oxygen atoms in total. The van der Waals surface area contributed by atoms with E-state index in [0.29, 0.717) is 10.2 Å². The van der Waals surface area contributed by atoms with Gasteiger partial charge in [-0.2, -0.15) is 0 Å². The minimum absolute atomic E-state index is 0.0199. The summed E-state index contributed by atoms with van der Waals surface area (Å²) in [5.41, 5.74) is 5.93. The average Bonchev–Trinajstić information content (AvgIpc) is 2.13. The summed E-state index contributed by atoms with van der Waals surface area (Å²) < 4.78 is 26.1. The van der Waals surface area contributed by atoms with E-state index in [1.54, 1.807) is 21.1 Å². The number of amides is 1. The van der Waals surface area contributed by atoms with Gasteiger partial charge < -0.3 is 10.2 Å². The Labute approximate surface area is 107 Å². The lowest BCUT2D eigenvalue weighted by Gasteiger charge is -2.22. The molecule has 1 aromatic rings. The first-order chi connectivity index (χ1) is 8.10. The van der Waals surface area contributed by atoms with Crippen LogP contribution in [0.15, 0.2) is 29.2 Å². The topological polar surface area (TPSA) is 89.3 Å². The quantitative estimate of drug-likeness (QED) is 0.586. The fraction of sp³-hybridized carbons (Fsp3) is 0.364. The summed E-state index contributed by atoms with van der Waals surface area (Å²) in [6.07, 6.45) is 0. The maximum Gasteiger partial charge on any atom is 0.288 e. The van der Waals surface area contributed by atoms with E-state index < -0.39 is 15.9 Å². The van der Waals surface area contributed by atoms with Crippen molar-refractivity contribution in [3.63, 3.8) is 0 Å². The van der Waals surface area contributed by atoms with Gasteiger partial charge in [-0.15, -0.1) is 0 Å². The molecule has 0 unspecified atom stereocenters. The molecule has 7 heteroatoms. The largest absolute Gasteiger partial charge is 0.399 e. The molecule has 0 heterocycles. The number of nitrogens with two attached hydrogens (primary N) is 1. The van der Waals surface area contributed by atoms with Gasteiger partial charge in [-0.05, 0) is 24.3 Å². The molecule has 0 atom stereocenters. The molecule has 0 fully saturated rings. The van der Waals surface area contributed by atoms with Gasteiger partial charge >= 0.3 is 0 Å². The Hall–Kier alpha value is -1.60. The average molecular weight is 272 g/mol. The van der Waals surface area contributed by atoms with Gasteiger partial charge in [0.1, 0.15) is 0 Å². The number of carbonyl (C=O) groups excluding carboxylic acids is 1. The van der Waals surface area contributed by atoms with Crippen LogP contribution in [-0.4, -0.2) is 46.5 Å². The SMILES string of the molecule is C[N+](C)(C)CC(=O)NS(=O)(=O)c1ccc(N)cc1. The van der Waals surface area contributed by atoms with Crippen molar-refractivity contribution in [2.45, 2.75) is 4.90 Å². The van der Waals surface area contributed by atoms with Gasteiger partial charge in [0.15, 0.2) is 6.54 Å². The monoisotopic (exact) mass is 272 g/mol. The third kappa shape index (κ3) is 4.34. The summed E-state index contributed by atoms with van der Waals surface area (Å²) in [5.74, 6) is -0.542. The predicted octanol–water partition coefficient (Wildman–Crippen LogP) is -0.220. The van der Waals surface area contributed by atoms with Crippen LogP contribution < -0.4 is 10.5 Å². The number of anilines is 1. The summed E-state index contributed by atoms with van der Waals surface area (Å²) in [5, 5.41) is 0. The van der Waals surface area contributed by atoms with E-state index in [1.807, 2.05) is 4.72 Å². The van der Waals surface area contributed by atoms with E-state index in [4.69, 9.17) is 5.73 Å². The molecule has 1 amide bonds. The number of sulfonamides is 1. The molecule has 0 aliphatic rings. The zero-order valence-corrected chi connectivity index (χ0v) is 11.5. The molecule has 0 saturated carbocycles. The number of quaternary nitrogens is 1. The third-order valence-electron chi connectivity index (χ3n) is 2.06. The van der Waals surface area contributed by atoms with Crippen LogP contribution in [0.4, 0.5) is 5.69 Å². The van der Waals surface area contributed by atoms with E-state index >= 15 is 0 Å². The smallest absolute Gasteiger partial charge is 0.288 e. The summed E-state index contributed by atoms with van der Waals surface area (Å²) in [4.78, 5) is 11.6. The van der Waals surface area contributed by atoms with Crippen LogP contribution in [0.3, 0.4) is 0 Å². The Morgan fingerprint density at radius 3 is 2.17 bits per heavy atom. The molecule has 18 heavy (non-hydrogen) atoms. The number of benzene rings is 1. The molecule has 0 bridgehead atoms. The predicted molar refractivity (Wildman–Crippen MR) is 69.1 cm³/mol. The Morgan fingerprint density at radius 2 is 1.72 bits per heavy atom. The third-order valence-corrected chi connectivity index (χ3v) is 3.45. The van der Waals surface area contributed by atoms with Crippen molar-refractivity contribution in [3.05, 3.63) is 24.3 Å². The number of carbonyl (C=O) groups is 1. The summed E-state index contributed by atoms with van der Waals surface area (Å²) in [6.45, 7) is 0.0776. The van der Waals surface area contributed by atoms with Crippen LogP contribution in [0.5, 0.6) is 0 Å². The second kappa shape index (κ2) is 4.95. The Kier molecular flexibility index (Phi) is 3.98. The first kappa shape index (κ1) is 14.5. The highest BCUT2D eigenvalue weighted by atomic mass is 32.2. The van der Waals surface area contributed by atoms with Gasteiger partial charge in [-0.25, -0.2) is 13.1 Å². The van der Waals surface area contributed by atoms with E-state index in [-0.39, 0.29) is 11.4 Å². The van der Waals surface area contributed by atoms with E-state index in [2.05, 4.69) is 0 Å². The lowest BCUT2D eigenvalue weighted by molar-refractivity contribution is -0.862. The molecule has 0 saturated heterocycles. The van der Waals surface area contributed by atoms with Crippen LogP contribution in [0.25, 0.3) is 0 Å². The highest BCUT2D eigenvalue weighted by molar-refractivity contribution is 7.90. The lowest BCUT2D eigenvalue weighted by atomic mass is 10.3. The Morgan fingerprint density at radius 1 is 1.22 bits per heavy atom. The molecule has 0 aliphatic heterocycles. The second-order valence-electron chi connectivity index (χ2n) is 5.05. The second-order valence-corrected chi connectivity index (χ2v) is 6.73. The number of nitrogens with one attached hydrogen (secondary N) is 1. The molecule has 1 aromatic carbocycles. The highest BCUT2D eigenvalue weighted by Gasteiger charge is 2.21. The lowest BCUT2D eigenvalue weighted by Crippen LogP contribution is -2.45. The van der Waals surface area contributed by atoms with Crippen molar-refractivity contribution in [1.82, 2.24) is 4.72 Å². The Bertz CT molecular complexity index is 530. The molecule has 100 valence electrons. The van der Waals surface area contributed by atoms with Gasteiger partial charge in [0, 0.05) is 5.69 Å². The summed E-state index contributed by atoms with van der Waals surface area (Å²) in [6, 6.07) is 5.66. The van der Waals surface area contributed by atoms with Crippen molar-refractivity contribution in [2.24, 2.45) is 0 Å². The van der Waals surface area contributed by atoms with Crippen LogP contribution in [0.2, 0.25) is 0 Å². The molecule has 0 radical (unpaired) electrons. The number of nitrogen functional groups attached to an aromatic ring is 1. The van der Waals surface area contributed by atoms with Crippen LogP contribution in [0.1, 0.15) is 0 Å². The maximum atomic E-state index is 11.9. The van der Waals surface area contributed by atoms with Crippen molar-refractivity contribution < 1.29 is 17.7 Å². The van der Waals surface area contributed by atoms with Crippen LogP contribution >= 0.6 is 0 Å². The van der Waals surface area contributed by atoms with Gasteiger partial charge in [0.05, 0.1) is 26.0 Å². The zero-order chi connectivity index (χ0) is 14.0. The molecule has 1 rings (SSSR count). The molecule has 0 aromatic heterocycles. The van der Waals surface area contributed by atoms with E-state index in [0.717, 1.165) is 0 Å². The minimum Gasteiger partial charge on any atom is -0.399 e.